The predicted octanol–water partition coefficient (Wildman–Crippen LogP) is 2.16. The van der Waals surface area contributed by atoms with Crippen LogP contribution in [0.25, 0.3) is 11.4 Å². The van der Waals surface area contributed by atoms with Gasteiger partial charge in [-0.15, -0.1) is 0 Å². The molecule has 1 aromatic carbocycles. The number of nitriles is 1. The molecule has 0 N–H and O–H groups in total. The molecule has 4 nitrogen and oxygen atoms in total. The maximum absolute atomic E-state index is 8.71. The van der Waals surface area contributed by atoms with Gasteiger partial charge in [-0.05, 0) is 12.1 Å². The number of aromatic nitrogens is 2. The maximum Gasteiger partial charge on any atom is 0.143 e. The first-order valence-electron chi connectivity index (χ1n) is 5.29. The highest BCUT2D eigenvalue weighted by Crippen LogP contribution is 2.28. The number of methoxy groups -OCH3 is 1. The van der Waals surface area contributed by atoms with Gasteiger partial charge < -0.3 is 9.30 Å². The zero-order valence-electron chi connectivity index (χ0n) is 9.84. The Morgan fingerprint density at radius 2 is 2.18 bits per heavy atom. The fourth-order valence-corrected chi connectivity index (χ4v) is 1.77. The molecule has 0 unspecified atom stereocenters. The third-order valence-electron chi connectivity index (χ3n) is 2.69. The highest BCUT2D eigenvalue weighted by Gasteiger charge is 2.12. The zero-order valence-corrected chi connectivity index (χ0v) is 9.84. The van der Waals surface area contributed by atoms with Crippen molar-refractivity contribution >= 4 is 0 Å². The average molecular weight is 227 g/mol. The Balaban J connectivity index is 2.50. The van der Waals surface area contributed by atoms with Crippen LogP contribution in [0.3, 0.4) is 0 Å². The number of benzene rings is 1. The topological polar surface area (TPSA) is 50.8 Å². The summed E-state index contributed by atoms with van der Waals surface area (Å²) in [4.78, 5) is 4.35. The quantitative estimate of drug-likeness (QED) is 0.807. The molecule has 1 aromatic heterocycles. The Hall–Kier alpha value is -2.28. The van der Waals surface area contributed by atoms with E-state index in [1.54, 1.807) is 13.3 Å². The Morgan fingerprint density at radius 3 is 2.88 bits per heavy atom. The summed E-state index contributed by atoms with van der Waals surface area (Å²) >= 11 is 0. The number of ether oxygens (including phenoxy) is 1. The summed E-state index contributed by atoms with van der Waals surface area (Å²) in [5.41, 5.74) is 1.83. The van der Waals surface area contributed by atoms with E-state index >= 15 is 0 Å². The minimum absolute atomic E-state index is 0.360. The van der Waals surface area contributed by atoms with E-state index in [4.69, 9.17) is 10.00 Å². The van der Waals surface area contributed by atoms with Crippen molar-refractivity contribution in [2.24, 2.45) is 7.05 Å². The molecule has 4 heteroatoms. The van der Waals surface area contributed by atoms with Gasteiger partial charge in [0, 0.05) is 13.2 Å². The first kappa shape index (κ1) is 11.2. The molecule has 0 bridgehead atoms. The molecule has 0 fully saturated rings. The van der Waals surface area contributed by atoms with E-state index in [9.17, 15) is 0 Å². The third kappa shape index (κ3) is 2.00. The fraction of sp³-hybridized carbons (Fsp3) is 0.231. The van der Waals surface area contributed by atoms with Crippen LogP contribution in [0.15, 0.2) is 30.5 Å². The van der Waals surface area contributed by atoms with Gasteiger partial charge in [-0.25, -0.2) is 4.98 Å². The Kier molecular flexibility index (Phi) is 3.10. The van der Waals surface area contributed by atoms with Gasteiger partial charge in [-0.1, -0.05) is 12.1 Å². The lowest BCUT2D eigenvalue weighted by atomic mass is 10.2. The monoisotopic (exact) mass is 227 g/mol. The molecule has 0 aliphatic carbocycles. The molecule has 0 aliphatic heterocycles. The summed E-state index contributed by atoms with van der Waals surface area (Å²) < 4.78 is 7.22. The van der Waals surface area contributed by atoms with E-state index in [0.717, 1.165) is 22.8 Å². The van der Waals surface area contributed by atoms with Crippen LogP contribution in [0.5, 0.6) is 5.75 Å². The highest BCUT2D eigenvalue weighted by molar-refractivity contribution is 5.64. The third-order valence-corrected chi connectivity index (χ3v) is 2.69. The minimum atomic E-state index is 0.360. The zero-order chi connectivity index (χ0) is 12.3. The van der Waals surface area contributed by atoms with Gasteiger partial charge in [0.1, 0.15) is 11.6 Å². The number of para-hydroxylation sites is 1. The summed E-state index contributed by atoms with van der Waals surface area (Å²) in [7, 11) is 3.54. The molecule has 86 valence electrons. The van der Waals surface area contributed by atoms with Crippen molar-refractivity contribution in [3.05, 3.63) is 36.2 Å². The van der Waals surface area contributed by atoms with Crippen LogP contribution in [0.4, 0.5) is 0 Å². The Bertz CT molecular complexity index is 566. The molecule has 0 saturated carbocycles. The first-order valence-corrected chi connectivity index (χ1v) is 5.29. The van der Waals surface area contributed by atoms with Gasteiger partial charge in [0.05, 0.1) is 30.9 Å². The van der Waals surface area contributed by atoms with E-state index < -0.39 is 0 Å². The van der Waals surface area contributed by atoms with Crippen LogP contribution in [0.1, 0.15) is 5.69 Å². The van der Waals surface area contributed by atoms with E-state index in [1.807, 2.05) is 35.9 Å². The van der Waals surface area contributed by atoms with Gasteiger partial charge >= 0.3 is 0 Å². The van der Waals surface area contributed by atoms with Gasteiger partial charge in [0.25, 0.3) is 0 Å². The molecule has 0 atom stereocenters. The number of imidazole rings is 1. The molecule has 2 rings (SSSR count). The van der Waals surface area contributed by atoms with Crippen molar-refractivity contribution < 1.29 is 4.74 Å². The van der Waals surface area contributed by atoms with Gasteiger partial charge in [-0.2, -0.15) is 5.26 Å². The molecular formula is C13H13N3O. The van der Waals surface area contributed by atoms with E-state index in [0.29, 0.717) is 6.42 Å². The lowest BCUT2D eigenvalue weighted by Gasteiger charge is -2.08. The van der Waals surface area contributed by atoms with Crippen LogP contribution in [0, 0.1) is 11.3 Å². The minimum Gasteiger partial charge on any atom is -0.496 e. The van der Waals surface area contributed by atoms with E-state index in [1.165, 1.54) is 0 Å². The lowest BCUT2D eigenvalue weighted by Crippen LogP contribution is -1.99. The molecule has 0 aliphatic rings. The van der Waals surface area contributed by atoms with Crippen molar-refractivity contribution in [3.63, 3.8) is 0 Å². The number of hydrogen-bond donors (Lipinski definition) is 0. The summed E-state index contributed by atoms with van der Waals surface area (Å²) in [6.45, 7) is 0. The van der Waals surface area contributed by atoms with Crippen molar-refractivity contribution in [1.29, 1.82) is 5.26 Å². The van der Waals surface area contributed by atoms with Crippen molar-refractivity contribution in [2.45, 2.75) is 6.42 Å². The van der Waals surface area contributed by atoms with Crippen molar-refractivity contribution in [3.8, 4) is 23.2 Å². The highest BCUT2D eigenvalue weighted by atomic mass is 16.5. The molecule has 0 amide bonds. The number of rotatable bonds is 3. The van der Waals surface area contributed by atoms with Crippen LogP contribution in [-0.4, -0.2) is 16.7 Å². The van der Waals surface area contributed by atoms with Crippen molar-refractivity contribution in [1.82, 2.24) is 9.55 Å². The molecule has 0 saturated heterocycles. The summed E-state index contributed by atoms with van der Waals surface area (Å²) in [6.07, 6.45) is 2.09. The molecule has 0 spiro atoms. The average Bonchev–Trinajstić information content (AvgIpc) is 2.72. The van der Waals surface area contributed by atoms with Crippen LogP contribution in [-0.2, 0) is 13.5 Å². The molecule has 1 heterocycles. The summed E-state index contributed by atoms with van der Waals surface area (Å²) in [6, 6.07) is 9.84. The van der Waals surface area contributed by atoms with Crippen LogP contribution in [0.2, 0.25) is 0 Å². The second-order valence-electron chi connectivity index (χ2n) is 3.67. The lowest BCUT2D eigenvalue weighted by molar-refractivity contribution is 0.416. The SMILES string of the molecule is COc1ccccc1-c1ncc(CC#N)n1C. The molecule has 17 heavy (non-hydrogen) atoms. The second kappa shape index (κ2) is 4.71. The van der Waals surface area contributed by atoms with E-state index in [2.05, 4.69) is 11.1 Å². The molecule has 0 radical (unpaired) electrons. The Labute approximate surface area is 100 Å². The smallest absolute Gasteiger partial charge is 0.143 e. The van der Waals surface area contributed by atoms with Gasteiger partial charge in [0.15, 0.2) is 0 Å². The van der Waals surface area contributed by atoms with Crippen LogP contribution >= 0.6 is 0 Å². The second-order valence-corrected chi connectivity index (χ2v) is 3.67. The standard InChI is InChI=1S/C13H13N3O/c1-16-10(7-8-14)9-15-13(16)11-5-3-4-6-12(11)17-2/h3-6,9H,7H2,1-2H3. The maximum atomic E-state index is 8.71. The summed E-state index contributed by atoms with van der Waals surface area (Å²) in [5, 5.41) is 8.71. The molecular weight excluding hydrogens is 214 g/mol. The molecule has 2 aromatic rings. The first-order chi connectivity index (χ1) is 8.27. The van der Waals surface area contributed by atoms with E-state index in [-0.39, 0.29) is 0 Å². The van der Waals surface area contributed by atoms with Gasteiger partial charge in [0.2, 0.25) is 0 Å². The Morgan fingerprint density at radius 1 is 1.41 bits per heavy atom. The summed E-state index contributed by atoms with van der Waals surface area (Å²) in [5.74, 6) is 1.59. The fourth-order valence-electron chi connectivity index (χ4n) is 1.77. The number of nitrogens with zero attached hydrogens (tertiary/aromatic N) is 3. The normalized spacial score (nSPS) is 9.94. The number of hydrogen-bond acceptors (Lipinski definition) is 3. The predicted molar refractivity (Wildman–Crippen MR) is 64.5 cm³/mol. The largest absolute Gasteiger partial charge is 0.496 e. The van der Waals surface area contributed by atoms with Crippen molar-refractivity contribution in [2.75, 3.05) is 7.11 Å². The van der Waals surface area contributed by atoms with Crippen LogP contribution < -0.4 is 4.74 Å². The van der Waals surface area contributed by atoms with Gasteiger partial charge in [-0.3, -0.25) is 0 Å².